The van der Waals surface area contributed by atoms with E-state index in [0.717, 1.165) is 49.2 Å². The maximum atomic E-state index is 13.0. The number of carbonyl (C=O) groups excluding carboxylic acids is 1. The molecule has 2 aliphatic heterocycles. The molecule has 0 bridgehead atoms. The molecule has 7 nitrogen and oxygen atoms in total. The third kappa shape index (κ3) is 5.50. The Kier molecular flexibility index (Phi) is 6.96. The first kappa shape index (κ1) is 21.5. The van der Waals surface area contributed by atoms with Gasteiger partial charge < -0.3 is 19.1 Å². The Morgan fingerprint density at radius 2 is 1.90 bits per heavy atom. The molecule has 4 rings (SSSR count). The van der Waals surface area contributed by atoms with E-state index in [1.54, 1.807) is 4.90 Å². The first-order valence-corrected chi connectivity index (χ1v) is 10.9. The van der Waals surface area contributed by atoms with Crippen LogP contribution in [0.25, 0.3) is 0 Å². The standard InChI is InChI=1S/C23H28FN3O4/c1-2-21-25-20-10-14-29-13-9-19(20)23(26-21)31-18-7-11-27(12-8-18)22(28)15-30-17-5-3-16(24)4-6-17/h3-6,18H,2,7-15H2,1H3. The van der Waals surface area contributed by atoms with Crippen molar-refractivity contribution in [2.45, 2.75) is 45.1 Å². The minimum atomic E-state index is -0.333. The summed E-state index contributed by atoms with van der Waals surface area (Å²) in [6.45, 7) is 4.51. The number of piperidine rings is 1. The average Bonchev–Trinajstić information content (AvgIpc) is 3.04. The SMILES string of the molecule is CCc1nc2c(c(OC3CCN(C(=O)COc4ccc(F)cc4)CC3)n1)CCOCC2. The molecule has 0 saturated carbocycles. The van der Waals surface area contributed by atoms with Crippen LogP contribution in [0.5, 0.6) is 11.6 Å². The molecular formula is C23H28FN3O4. The highest BCUT2D eigenvalue weighted by Crippen LogP contribution is 2.26. The fraction of sp³-hybridized carbons (Fsp3) is 0.522. The molecule has 0 spiro atoms. The number of rotatable bonds is 6. The Balaban J connectivity index is 1.32. The number of fused-ring (bicyclic) bond motifs is 1. The Morgan fingerprint density at radius 3 is 2.65 bits per heavy atom. The molecule has 1 saturated heterocycles. The van der Waals surface area contributed by atoms with Crippen molar-refractivity contribution in [2.24, 2.45) is 0 Å². The number of halogens is 1. The summed E-state index contributed by atoms with van der Waals surface area (Å²) in [5.74, 6) is 1.54. The van der Waals surface area contributed by atoms with Crippen molar-refractivity contribution < 1.29 is 23.4 Å². The van der Waals surface area contributed by atoms with Crippen LogP contribution >= 0.6 is 0 Å². The summed E-state index contributed by atoms with van der Waals surface area (Å²) in [6.07, 6.45) is 3.77. The van der Waals surface area contributed by atoms with E-state index in [2.05, 4.69) is 9.97 Å². The molecule has 0 radical (unpaired) electrons. The van der Waals surface area contributed by atoms with Gasteiger partial charge in [0.25, 0.3) is 5.91 Å². The quantitative estimate of drug-likeness (QED) is 0.703. The zero-order valence-electron chi connectivity index (χ0n) is 17.8. The van der Waals surface area contributed by atoms with E-state index in [0.29, 0.717) is 37.9 Å². The van der Waals surface area contributed by atoms with E-state index in [1.165, 1.54) is 24.3 Å². The number of ether oxygens (including phenoxy) is 3. The zero-order chi connectivity index (χ0) is 21.6. The van der Waals surface area contributed by atoms with Crippen molar-refractivity contribution in [3.05, 3.63) is 47.2 Å². The van der Waals surface area contributed by atoms with Crippen LogP contribution in [0.15, 0.2) is 24.3 Å². The normalized spacial score (nSPS) is 17.0. The van der Waals surface area contributed by atoms with Crippen LogP contribution in [0.2, 0.25) is 0 Å². The number of carbonyl (C=O) groups is 1. The summed E-state index contributed by atoms with van der Waals surface area (Å²) in [5, 5.41) is 0. The van der Waals surface area contributed by atoms with Gasteiger partial charge >= 0.3 is 0 Å². The highest BCUT2D eigenvalue weighted by Gasteiger charge is 2.26. The molecule has 166 valence electrons. The number of likely N-dealkylation sites (tertiary alicyclic amines) is 1. The van der Waals surface area contributed by atoms with E-state index in [-0.39, 0.29) is 24.4 Å². The van der Waals surface area contributed by atoms with Gasteiger partial charge in [0.15, 0.2) is 6.61 Å². The zero-order valence-corrected chi connectivity index (χ0v) is 17.8. The fourth-order valence-corrected chi connectivity index (χ4v) is 3.86. The summed E-state index contributed by atoms with van der Waals surface area (Å²) >= 11 is 0. The average molecular weight is 429 g/mol. The molecule has 8 heteroatoms. The van der Waals surface area contributed by atoms with Crippen LogP contribution in [0.4, 0.5) is 4.39 Å². The molecule has 2 aliphatic rings. The lowest BCUT2D eigenvalue weighted by Crippen LogP contribution is -2.43. The Hall–Kier alpha value is -2.74. The topological polar surface area (TPSA) is 73.8 Å². The number of aryl methyl sites for hydroxylation is 1. The lowest BCUT2D eigenvalue weighted by atomic mass is 10.1. The number of nitrogens with zero attached hydrogens (tertiary/aromatic N) is 3. The van der Waals surface area contributed by atoms with Gasteiger partial charge in [0.05, 0.1) is 18.9 Å². The number of aromatic nitrogens is 2. The van der Waals surface area contributed by atoms with Gasteiger partial charge in [-0.15, -0.1) is 0 Å². The molecule has 0 aliphatic carbocycles. The molecule has 1 fully saturated rings. The summed E-state index contributed by atoms with van der Waals surface area (Å²) in [6, 6.07) is 5.66. The third-order valence-electron chi connectivity index (χ3n) is 5.65. The van der Waals surface area contributed by atoms with Gasteiger partial charge in [0, 0.05) is 50.8 Å². The Morgan fingerprint density at radius 1 is 1.16 bits per heavy atom. The maximum absolute atomic E-state index is 13.0. The van der Waals surface area contributed by atoms with Crippen LogP contribution in [-0.4, -0.2) is 59.8 Å². The van der Waals surface area contributed by atoms with Crippen LogP contribution in [0.3, 0.4) is 0 Å². The Bertz CT molecular complexity index is 898. The van der Waals surface area contributed by atoms with Gasteiger partial charge in [-0.2, -0.15) is 4.98 Å². The van der Waals surface area contributed by atoms with Crippen molar-refractivity contribution in [3.63, 3.8) is 0 Å². The molecule has 0 N–H and O–H groups in total. The molecule has 2 aromatic rings. The first-order valence-electron chi connectivity index (χ1n) is 10.9. The van der Waals surface area contributed by atoms with Gasteiger partial charge in [-0.05, 0) is 24.3 Å². The van der Waals surface area contributed by atoms with Gasteiger partial charge in [0.2, 0.25) is 5.88 Å². The van der Waals surface area contributed by atoms with E-state index in [1.807, 2.05) is 6.92 Å². The molecule has 1 aromatic heterocycles. The van der Waals surface area contributed by atoms with Gasteiger partial charge in [-0.1, -0.05) is 6.92 Å². The fourth-order valence-electron chi connectivity index (χ4n) is 3.86. The smallest absolute Gasteiger partial charge is 0.260 e. The van der Waals surface area contributed by atoms with Crippen molar-refractivity contribution in [2.75, 3.05) is 32.9 Å². The molecule has 1 aromatic carbocycles. The lowest BCUT2D eigenvalue weighted by molar-refractivity contribution is -0.135. The third-order valence-corrected chi connectivity index (χ3v) is 5.65. The summed E-state index contributed by atoms with van der Waals surface area (Å²) < 4.78 is 30.4. The van der Waals surface area contributed by atoms with E-state index in [4.69, 9.17) is 14.2 Å². The largest absolute Gasteiger partial charge is 0.484 e. The molecule has 3 heterocycles. The first-order chi connectivity index (χ1) is 15.1. The highest BCUT2D eigenvalue weighted by atomic mass is 19.1. The van der Waals surface area contributed by atoms with E-state index >= 15 is 0 Å². The minimum Gasteiger partial charge on any atom is -0.484 e. The van der Waals surface area contributed by atoms with Crippen molar-refractivity contribution in [3.8, 4) is 11.6 Å². The number of benzene rings is 1. The molecule has 1 amide bonds. The second-order valence-corrected chi connectivity index (χ2v) is 7.78. The predicted molar refractivity (Wildman–Crippen MR) is 112 cm³/mol. The van der Waals surface area contributed by atoms with Crippen molar-refractivity contribution in [1.29, 1.82) is 0 Å². The van der Waals surface area contributed by atoms with Crippen LogP contribution < -0.4 is 9.47 Å². The second-order valence-electron chi connectivity index (χ2n) is 7.78. The van der Waals surface area contributed by atoms with E-state index < -0.39 is 0 Å². The van der Waals surface area contributed by atoms with Crippen molar-refractivity contribution >= 4 is 5.91 Å². The predicted octanol–water partition coefficient (Wildman–Crippen LogP) is 2.74. The van der Waals surface area contributed by atoms with Crippen LogP contribution in [-0.2, 0) is 28.8 Å². The summed E-state index contributed by atoms with van der Waals surface area (Å²) in [5.41, 5.74) is 2.09. The number of amides is 1. The molecular weight excluding hydrogens is 401 g/mol. The summed E-state index contributed by atoms with van der Waals surface area (Å²) in [7, 11) is 0. The van der Waals surface area contributed by atoms with Gasteiger partial charge in [-0.25, -0.2) is 9.37 Å². The minimum absolute atomic E-state index is 0.00921. The maximum Gasteiger partial charge on any atom is 0.260 e. The monoisotopic (exact) mass is 429 g/mol. The van der Waals surface area contributed by atoms with E-state index in [9.17, 15) is 9.18 Å². The van der Waals surface area contributed by atoms with Gasteiger partial charge in [0.1, 0.15) is 23.5 Å². The van der Waals surface area contributed by atoms with Crippen molar-refractivity contribution in [1.82, 2.24) is 14.9 Å². The van der Waals surface area contributed by atoms with Gasteiger partial charge in [-0.3, -0.25) is 4.79 Å². The molecule has 0 unspecified atom stereocenters. The van der Waals surface area contributed by atoms with Crippen LogP contribution in [0, 0.1) is 5.82 Å². The Labute approximate surface area is 181 Å². The number of hydrogen-bond donors (Lipinski definition) is 0. The second kappa shape index (κ2) is 10.0. The highest BCUT2D eigenvalue weighted by molar-refractivity contribution is 5.77. The molecule has 31 heavy (non-hydrogen) atoms. The van der Waals surface area contributed by atoms with Crippen LogP contribution in [0.1, 0.15) is 36.8 Å². The number of hydrogen-bond acceptors (Lipinski definition) is 6. The lowest BCUT2D eigenvalue weighted by Gasteiger charge is -2.32. The molecule has 0 atom stereocenters. The summed E-state index contributed by atoms with van der Waals surface area (Å²) in [4.78, 5) is 23.6.